The van der Waals surface area contributed by atoms with Crippen molar-refractivity contribution in [1.82, 2.24) is 34.5 Å². The van der Waals surface area contributed by atoms with E-state index in [1.807, 2.05) is 49.5 Å². The molecule has 8 aromatic rings. The highest BCUT2D eigenvalue weighted by molar-refractivity contribution is 6.34. The number of amides is 1. The minimum absolute atomic E-state index is 0. The summed E-state index contributed by atoms with van der Waals surface area (Å²) in [6.45, 7) is 14.7. The highest BCUT2D eigenvalue weighted by Crippen LogP contribution is 2.46. The van der Waals surface area contributed by atoms with E-state index in [-0.39, 0.29) is 41.8 Å². The molecule has 2 saturated heterocycles. The molecule has 4 fully saturated rings. The summed E-state index contributed by atoms with van der Waals surface area (Å²) in [7, 11) is 0. The van der Waals surface area contributed by atoms with E-state index in [2.05, 4.69) is 44.4 Å². The number of nitrogens with two attached hydrogens (primary N) is 1. The lowest BCUT2D eigenvalue weighted by atomic mass is 9.97. The van der Waals surface area contributed by atoms with E-state index in [1.54, 1.807) is 61.5 Å². The van der Waals surface area contributed by atoms with Crippen LogP contribution in [0.5, 0.6) is 11.5 Å². The molecule has 2 aliphatic carbocycles. The maximum absolute atomic E-state index is 14.3. The molecule has 2 aliphatic heterocycles. The number of rotatable bonds is 13. The molecule has 0 spiro atoms. The second kappa shape index (κ2) is 25.3. The lowest BCUT2D eigenvalue weighted by Crippen LogP contribution is -2.45. The number of aromatic nitrogens is 6. The van der Waals surface area contributed by atoms with Crippen LogP contribution in [0.3, 0.4) is 0 Å². The molecule has 8 heterocycles. The SMILES string of the molecule is C.CC(C)(O)COc1cc(-c2ccc(N3C[C@@H]4CC(C)(N)C[C@@H]4C3)nc2)c2c(C#N)cnn2c1.CC(C)(O)COc1cc(-c2ccc(N3C[C@@H]4CC(C)(NC(=O)c5c(F)cccc5Cl)C[C@@H]4C3)nc2)c2c(C#N)cnn2c1.O=C(O)c1c(F)cccc1Cl. The number of nitrogens with zero attached hydrogens (tertiary/aromatic N) is 10. The quantitative estimate of drug-likeness (QED) is 0.0718. The number of carbonyl (C=O) groups excluding carboxylic acids is 1. The Labute approximate surface area is 518 Å². The minimum Gasteiger partial charge on any atom is -0.489 e. The number of aliphatic hydroxyl groups is 2. The fourth-order valence-electron chi connectivity index (χ4n) is 12.5. The molecule has 6 atom stereocenters. The molecule has 2 aromatic carbocycles. The first-order chi connectivity index (χ1) is 41.2. The van der Waals surface area contributed by atoms with Gasteiger partial charge in [-0.05, 0) is 152 Å². The summed E-state index contributed by atoms with van der Waals surface area (Å²) in [5.41, 5.74) is 8.85. The van der Waals surface area contributed by atoms with Crippen LogP contribution in [0.1, 0.15) is 106 Å². The Balaban J connectivity index is 0.000000181. The summed E-state index contributed by atoms with van der Waals surface area (Å²) in [5.74, 6) is 1.60. The minimum atomic E-state index is -1.35. The predicted octanol–water partition coefficient (Wildman–Crippen LogP) is 11.0. The smallest absolute Gasteiger partial charge is 0.340 e. The van der Waals surface area contributed by atoms with E-state index < -0.39 is 45.8 Å². The second-order valence-corrected chi connectivity index (χ2v) is 25.8. The molecule has 4 aliphatic rings. The Bertz CT molecular complexity index is 3910. The average molecular weight is 1240 g/mol. The van der Waals surface area contributed by atoms with Crippen molar-refractivity contribution in [2.24, 2.45) is 29.4 Å². The molecule has 12 rings (SSSR count). The summed E-state index contributed by atoms with van der Waals surface area (Å²) in [6.07, 6.45) is 13.8. The summed E-state index contributed by atoms with van der Waals surface area (Å²) in [4.78, 5) is 37.4. The third-order valence-electron chi connectivity index (χ3n) is 16.2. The highest BCUT2D eigenvalue weighted by atomic mass is 35.5. The van der Waals surface area contributed by atoms with Crippen LogP contribution >= 0.6 is 23.2 Å². The van der Waals surface area contributed by atoms with Crippen molar-refractivity contribution in [3.63, 3.8) is 0 Å². The summed E-state index contributed by atoms with van der Waals surface area (Å²) < 4.78 is 41.9. The van der Waals surface area contributed by atoms with Crippen LogP contribution in [0.2, 0.25) is 10.0 Å². The molecular formula is C65H70Cl2F2N12O7. The van der Waals surface area contributed by atoms with Crippen molar-refractivity contribution in [1.29, 1.82) is 10.5 Å². The standard InChI is InChI=1S/C32H32ClFN6O3.C25H30N6O2.C7H4ClFO2.CH4/c1-31(2,42)18-43-23-9-24(29-22(12-35)14-37-40(29)17-23)19-7-8-27(36-13-19)39-15-20-10-32(3,11-21(20)16-39)38-30(41)28-25(33)5-4-6-26(28)34;1-24(2,32)15-33-20-6-21(23-19(9-26)11-29-31(23)14-20)16-4-5-22(28-10-16)30-12-17-7-25(3,27)8-18(17)13-30;8-4-2-1-3-5(9)6(4)7(10)11;/h4-9,13-14,17,20-21,42H,10-11,15-16,18H2,1-3H3,(H,38,41);4-6,10-11,14,17-18,32H,7-8,12-13,15,27H2,1-3H3;1-3H,(H,10,11);1H4/t20-,21+,32?;17-,18+,25?;;. The first kappa shape index (κ1) is 64.0. The van der Waals surface area contributed by atoms with E-state index >= 15 is 0 Å². The maximum atomic E-state index is 14.3. The molecule has 1 amide bonds. The van der Waals surface area contributed by atoms with Crippen molar-refractivity contribution < 1.29 is 43.2 Å². The molecule has 6 N–H and O–H groups in total. The predicted molar refractivity (Wildman–Crippen MR) is 332 cm³/mol. The molecule has 88 heavy (non-hydrogen) atoms. The first-order valence-electron chi connectivity index (χ1n) is 28.4. The molecule has 0 radical (unpaired) electrons. The van der Waals surface area contributed by atoms with Crippen molar-refractivity contribution in [2.45, 2.75) is 96.9 Å². The molecule has 2 unspecified atom stereocenters. The molecular weight excluding hydrogens is 1170 g/mol. The van der Waals surface area contributed by atoms with Gasteiger partial charge in [0.1, 0.15) is 65.7 Å². The van der Waals surface area contributed by atoms with E-state index in [0.29, 0.717) is 57.3 Å². The zero-order valence-electron chi connectivity index (χ0n) is 48.8. The van der Waals surface area contributed by atoms with E-state index in [0.717, 1.165) is 91.8 Å². The van der Waals surface area contributed by atoms with Gasteiger partial charge in [0.25, 0.3) is 5.91 Å². The number of nitrogens with one attached hydrogen (secondary N) is 1. The third kappa shape index (κ3) is 14.3. The van der Waals surface area contributed by atoms with Crippen molar-refractivity contribution in [3.05, 3.63) is 154 Å². The van der Waals surface area contributed by atoms with E-state index in [9.17, 15) is 39.1 Å². The van der Waals surface area contributed by atoms with Crippen LogP contribution in [-0.4, -0.2) is 118 Å². The van der Waals surface area contributed by atoms with Gasteiger partial charge in [0.15, 0.2) is 0 Å². The monoisotopic (exact) mass is 1240 g/mol. The number of carboxylic acids is 1. The molecule has 6 aromatic heterocycles. The average Bonchev–Trinajstić information content (AvgIpc) is 1.83. The number of aromatic carboxylic acids is 1. The second-order valence-electron chi connectivity index (χ2n) is 25.0. The Hall–Kier alpha value is -8.44. The van der Waals surface area contributed by atoms with Gasteiger partial charge in [0.05, 0.1) is 73.8 Å². The molecule has 19 nitrogen and oxygen atoms in total. The van der Waals surface area contributed by atoms with Crippen molar-refractivity contribution >= 4 is 57.7 Å². The zero-order valence-corrected chi connectivity index (χ0v) is 50.3. The lowest BCUT2D eigenvalue weighted by Gasteiger charge is -2.29. The number of carboxylic acid groups (broad SMARTS) is 1. The molecule has 2 saturated carbocycles. The highest BCUT2D eigenvalue weighted by Gasteiger charge is 2.48. The number of halogens is 4. The molecule has 0 bridgehead atoms. The van der Waals surface area contributed by atoms with Gasteiger partial charge in [0.2, 0.25) is 0 Å². The number of hydrogen-bond acceptors (Lipinski definition) is 15. The number of hydrogen-bond donors (Lipinski definition) is 5. The van der Waals surface area contributed by atoms with Gasteiger partial charge < -0.3 is 45.6 Å². The van der Waals surface area contributed by atoms with Crippen molar-refractivity contribution in [2.75, 3.05) is 49.2 Å². The van der Waals surface area contributed by atoms with Gasteiger partial charge in [-0.15, -0.1) is 0 Å². The van der Waals surface area contributed by atoms with Crippen LogP contribution in [0.4, 0.5) is 20.4 Å². The maximum Gasteiger partial charge on any atom is 0.340 e. The van der Waals surface area contributed by atoms with Crippen LogP contribution in [0.25, 0.3) is 33.3 Å². The Morgan fingerprint density at radius 2 is 1.09 bits per heavy atom. The summed E-state index contributed by atoms with van der Waals surface area (Å²) >= 11 is 11.5. The van der Waals surface area contributed by atoms with Crippen LogP contribution in [0.15, 0.2) is 110 Å². The number of pyridine rings is 4. The van der Waals surface area contributed by atoms with Gasteiger partial charge in [-0.2, -0.15) is 20.7 Å². The Morgan fingerprint density at radius 3 is 1.44 bits per heavy atom. The van der Waals surface area contributed by atoms with E-state index in [4.69, 9.17) is 53.5 Å². The Kier molecular flexibility index (Phi) is 18.4. The third-order valence-corrected chi connectivity index (χ3v) is 16.8. The lowest BCUT2D eigenvalue weighted by molar-refractivity contribution is 0.0280. The van der Waals surface area contributed by atoms with Gasteiger partial charge in [-0.25, -0.2) is 32.6 Å². The summed E-state index contributed by atoms with van der Waals surface area (Å²) in [6, 6.07) is 24.1. The number of anilines is 2. The number of carbonyl (C=O) groups is 2. The number of ether oxygens (including phenoxy) is 2. The van der Waals surface area contributed by atoms with Gasteiger partial charge >= 0.3 is 5.97 Å². The first-order valence-corrected chi connectivity index (χ1v) is 29.1. The van der Waals surface area contributed by atoms with Crippen LogP contribution < -0.4 is 30.3 Å². The fraction of sp³-hybridized carbons (Fsp3) is 0.385. The molecule has 23 heteroatoms. The fourth-order valence-corrected chi connectivity index (χ4v) is 13.0. The Morgan fingerprint density at radius 1 is 0.682 bits per heavy atom. The summed E-state index contributed by atoms with van der Waals surface area (Å²) in [5, 5.41) is 59.5. The van der Waals surface area contributed by atoms with Crippen LogP contribution in [-0.2, 0) is 0 Å². The normalized spacial score (nSPS) is 21.0. The number of benzene rings is 2. The van der Waals surface area contributed by atoms with E-state index in [1.165, 1.54) is 36.5 Å². The largest absolute Gasteiger partial charge is 0.489 e. The van der Waals surface area contributed by atoms with Gasteiger partial charge in [-0.3, -0.25) is 4.79 Å². The topological polar surface area (TPSA) is 266 Å². The number of nitriles is 2. The zero-order chi connectivity index (χ0) is 62.3. The van der Waals surface area contributed by atoms with Gasteiger partial charge in [0, 0.05) is 71.9 Å². The van der Waals surface area contributed by atoms with Crippen LogP contribution in [0, 0.1) is 58.0 Å². The van der Waals surface area contributed by atoms with Crippen molar-refractivity contribution in [3.8, 4) is 45.9 Å². The van der Waals surface area contributed by atoms with Gasteiger partial charge in [-0.1, -0.05) is 42.8 Å². The number of fused-ring (bicyclic) bond motifs is 4. The molecule has 460 valence electrons.